The van der Waals surface area contributed by atoms with E-state index in [1.54, 1.807) is 6.92 Å². The monoisotopic (exact) mass is 212 g/mol. The predicted molar refractivity (Wildman–Crippen MR) is 64.6 cm³/mol. The summed E-state index contributed by atoms with van der Waals surface area (Å²) in [6, 6.07) is -0.0371. The van der Waals surface area contributed by atoms with Crippen molar-refractivity contribution in [2.75, 3.05) is 13.1 Å². The van der Waals surface area contributed by atoms with Gasteiger partial charge in [0.2, 0.25) is 0 Å². The molecule has 15 heavy (non-hydrogen) atoms. The Balaban J connectivity index is 4.33. The molecule has 1 N–H and O–H groups in total. The molecule has 3 heteroatoms. The van der Waals surface area contributed by atoms with Gasteiger partial charge in [0.05, 0.1) is 0 Å². The predicted octanol–water partition coefficient (Wildman–Crippen LogP) is 2.84. The average molecular weight is 212 g/mol. The summed E-state index contributed by atoms with van der Waals surface area (Å²) < 4.78 is 0. The second-order valence-electron chi connectivity index (χ2n) is 4.90. The molecule has 0 radical (unpaired) electrons. The maximum atomic E-state index is 11.8. The molecule has 0 aromatic rings. The van der Waals surface area contributed by atoms with E-state index in [1.807, 2.05) is 4.90 Å². The van der Waals surface area contributed by atoms with Crippen LogP contribution in [0.15, 0.2) is 12.3 Å². The zero-order chi connectivity index (χ0) is 12.0. The third-order valence-corrected chi connectivity index (χ3v) is 1.78. The Morgan fingerprint density at radius 3 is 1.87 bits per heavy atom. The van der Waals surface area contributed by atoms with Gasteiger partial charge in [-0.05, 0) is 18.8 Å². The smallest absolute Gasteiger partial charge is 0.321 e. The van der Waals surface area contributed by atoms with Crippen molar-refractivity contribution in [3.8, 4) is 0 Å². The lowest BCUT2D eigenvalue weighted by atomic mass is 10.1. The Bertz CT molecular complexity index is 212. The topological polar surface area (TPSA) is 32.3 Å². The molecule has 3 nitrogen and oxygen atoms in total. The van der Waals surface area contributed by atoms with Gasteiger partial charge in [-0.2, -0.15) is 0 Å². The lowest BCUT2D eigenvalue weighted by Crippen LogP contribution is -2.42. The zero-order valence-corrected chi connectivity index (χ0v) is 10.6. The van der Waals surface area contributed by atoms with Gasteiger partial charge < -0.3 is 10.2 Å². The number of urea groups is 1. The maximum Gasteiger partial charge on any atom is 0.321 e. The second kappa shape index (κ2) is 6.49. The molecule has 0 aromatic carbocycles. The largest absolute Gasteiger partial charge is 0.324 e. The van der Waals surface area contributed by atoms with E-state index in [0.717, 1.165) is 13.1 Å². The molecule has 0 saturated carbocycles. The summed E-state index contributed by atoms with van der Waals surface area (Å²) in [5, 5.41) is 2.75. The van der Waals surface area contributed by atoms with Gasteiger partial charge >= 0.3 is 6.03 Å². The molecule has 2 amide bonds. The first-order chi connectivity index (χ1) is 6.82. The normalized spacial score (nSPS) is 10.6. The minimum atomic E-state index is -0.0371. The van der Waals surface area contributed by atoms with Crippen molar-refractivity contribution in [1.82, 2.24) is 10.2 Å². The van der Waals surface area contributed by atoms with E-state index in [0.29, 0.717) is 17.5 Å². The van der Waals surface area contributed by atoms with Gasteiger partial charge in [-0.25, -0.2) is 4.79 Å². The molecule has 0 aliphatic rings. The van der Waals surface area contributed by atoms with Crippen LogP contribution in [0.2, 0.25) is 0 Å². The Morgan fingerprint density at radius 1 is 1.20 bits per heavy atom. The molecular formula is C12H24N2O. The SMILES string of the molecule is C=C(C)NC(=O)N(CC(C)C)CC(C)C. The molecule has 0 atom stereocenters. The van der Waals surface area contributed by atoms with Crippen molar-refractivity contribution in [2.45, 2.75) is 34.6 Å². The van der Waals surface area contributed by atoms with Gasteiger partial charge in [0, 0.05) is 18.8 Å². The molecule has 0 fully saturated rings. The summed E-state index contributed by atoms with van der Waals surface area (Å²) >= 11 is 0. The van der Waals surface area contributed by atoms with Crippen LogP contribution in [0.4, 0.5) is 4.79 Å². The Hall–Kier alpha value is -0.990. The number of amides is 2. The van der Waals surface area contributed by atoms with Gasteiger partial charge in [-0.1, -0.05) is 34.3 Å². The van der Waals surface area contributed by atoms with Crippen LogP contribution in [0.5, 0.6) is 0 Å². The van der Waals surface area contributed by atoms with E-state index in [2.05, 4.69) is 39.6 Å². The molecule has 0 spiro atoms. The molecular weight excluding hydrogens is 188 g/mol. The van der Waals surface area contributed by atoms with Crippen molar-refractivity contribution < 1.29 is 4.79 Å². The van der Waals surface area contributed by atoms with Crippen LogP contribution in [0, 0.1) is 11.8 Å². The van der Waals surface area contributed by atoms with Crippen molar-refractivity contribution >= 4 is 6.03 Å². The highest BCUT2D eigenvalue weighted by Crippen LogP contribution is 2.04. The standard InChI is InChI=1S/C12H24N2O/c1-9(2)7-14(8-10(3)4)12(15)13-11(5)6/h9-10H,5,7-8H2,1-4,6H3,(H,13,15). The fourth-order valence-electron chi connectivity index (χ4n) is 1.38. The molecule has 0 aliphatic carbocycles. The van der Waals surface area contributed by atoms with Crippen LogP contribution in [-0.2, 0) is 0 Å². The van der Waals surface area contributed by atoms with E-state index in [4.69, 9.17) is 0 Å². The van der Waals surface area contributed by atoms with Gasteiger partial charge in [0.15, 0.2) is 0 Å². The fraction of sp³-hybridized carbons (Fsp3) is 0.750. The van der Waals surface area contributed by atoms with Crippen LogP contribution < -0.4 is 5.32 Å². The van der Waals surface area contributed by atoms with Crippen LogP contribution >= 0.6 is 0 Å². The van der Waals surface area contributed by atoms with Gasteiger partial charge in [-0.3, -0.25) is 0 Å². The Morgan fingerprint density at radius 2 is 1.60 bits per heavy atom. The maximum absolute atomic E-state index is 11.8. The van der Waals surface area contributed by atoms with Crippen molar-refractivity contribution in [3.63, 3.8) is 0 Å². The Labute approximate surface area is 93.5 Å². The summed E-state index contributed by atoms with van der Waals surface area (Å²) in [4.78, 5) is 13.6. The summed E-state index contributed by atoms with van der Waals surface area (Å²) in [5.41, 5.74) is 0.692. The number of carbonyl (C=O) groups excluding carboxylic acids is 1. The fourth-order valence-corrected chi connectivity index (χ4v) is 1.38. The van der Waals surface area contributed by atoms with Crippen LogP contribution in [-0.4, -0.2) is 24.0 Å². The molecule has 0 aliphatic heterocycles. The van der Waals surface area contributed by atoms with Crippen molar-refractivity contribution in [2.24, 2.45) is 11.8 Å². The minimum absolute atomic E-state index is 0.0371. The summed E-state index contributed by atoms with van der Waals surface area (Å²) in [5.74, 6) is 0.972. The van der Waals surface area contributed by atoms with Crippen molar-refractivity contribution in [3.05, 3.63) is 12.3 Å². The van der Waals surface area contributed by atoms with E-state index in [-0.39, 0.29) is 6.03 Å². The third-order valence-electron chi connectivity index (χ3n) is 1.78. The highest BCUT2D eigenvalue weighted by molar-refractivity contribution is 5.75. The third kappa shape index (κ3) is 7.00. The van der Waals surface area contributed by atoms with Crippen LogP contribution in [0.3, 0.4) is 0 Å². The van der Waals surface area contributed by atoms with E-state index in [9.17, 15) is 4.79 Å². The van der Waals surface area contributed by atoms with Gasteiger partial charge in [-0.15, -0.1) is 0 Å². The summed E-state index contributed by atoms with van der Waals surface area (Å²) in [7, 11) is 0. The van der Waals surface area contributed by atoms with Gasteiger partial charge in [0.1, 0.15) is 0 Å². The Kier molecular flexibility index (Phi) is 6.06. The number of carbonyl (C=O) groups is 1. The minimum Gasteiger partial charge on any atom is -0.324 e. The van der Waals surface area contributed by atoms with Gasteiger partial charge in [0.25, 0.3) is 0 Å². The number of allylic oxidation sites excluding steroid dienone is 1. The number of nitrogens with one attached hydrogen (secondary N) is 1. The first kappa shape index (κ1) is 14.0. The van der Waals surface area contributed by atoms with E-state index < -0.39 is 0 Å². The number of rotatable bonds is 5. The first-order valence-electron chi connectivity index (χ1n) is 5.54. The van der Waals surface area contributed by atoms with E-state index >= 15 is 0 Å². The highest BCUT2D eigenvalue weighted by atomic mass is 16.2. The zero-order valence-electron chi connectivity index (χ0n) is 10.6. The van der Waals surface area contributed by atoms with Crippen LogP contribution in [0.25, 0.3) is 0 Å². The molecule has 0 bridgehead atoms. The van der Waals surface area contributed by atoms with Crippen molar-refractivity contribution in [1.29, 1.82) is 0 Å². The number of hydrogen-bond acceptors (Lipinski definition) is 1. The second-order valence-corrected chi connectivity index (χ2v) is 4.90. The lowest BCUT2D eigenvalue weighted by Gasteiger charge is -2.26. The number of nitrogens with zero attached hydrogens (tertiary/aromatic N) is 1. The lowest BCUT2D eigenvalue weighted by molar-refractivity contribution is 0.186. The molecule has 88 valence electrons. The molecule has 0 aromatic heterocycles. The molecule has 0 rings (SSSR count). The average Bonchev–Trinajstić information content (AvgIpc) is 1.99. The summed E-state index contributed by atoms with van der Waals surface area (Å²) in [6.45, 7) is 15.5. The van der Waals surface area contributed by atoms with E-state index in [1.165, 1.54) is 0 Å². The molecule has 0 heterocycles. The number of hydrogen-bond donors (Lipinski definition) is 1. The van der Waals surface area contributed by atoms with Crippen LogP contribution in [0.1, 0.15) is 34.6 Å². The molecule has 0 unspecified atom stereocenters. The summed E-state index contributed by atoms with van der Waals surface area (Å²) in [6.07, 6.45) is 0. The molecule has 0 saturated heterocycles. The first-order valence-corrected chi connectivity index (χ1v) is 5.54. The highest BCUT2D eigenvalue weighted by Gasteiger charge is 2.15. The quantitative estimate of drug-likeness (QED) is 0.746.